The molecule has 1 aliphatic carbocycles. The number of carbonyl (C=O) groups is 2. The molecule has 0 bridgehead atoms. The summed E-state index contributed by atoms with van der Waals surface area (Å²) in [6, 6.07) is 1.23. The van der Waals surface area contributed by atoms with Gasteiger partial charge in [-0.05, 0) is 11.6 Å². The molecule has 0 saturated heterocycles. The van der Waals surface area contributed by atoms with Gasteiger partial charge in [-0.25, -0.2) is 31.5 Å². The predicted molar refractivity (Wildman–Crippen MR) is 87.5 cm³/mol. The minimum Gasteiger partial charge on any atom is -0.466 e. The Morgan fingerprint density at radius 3 is 2.62 bits per heavy atom. The quantitative estimate of drug-likeness (QED) is 0.605. The molecule has 10 heteroatoms. The number of nitrogens with one attached hydrogen (secondary N) is 1. The van der Waals surface area contributed by atoms with E-state index in [2.05, 4.69) is 10.1 Å². The Balaban J connectivity index is 2.00. The fourth-order valence-electron chi connectivity index (χ4n) is 3.88. The molecule has 0 spiro atoms. The summed E-state index contributed by atoms with van der Waals surface area (Å²) in [6.45, 7) is -1.48. The molecule has 2 atom stereocenters. The van der Waals surface area contributed by atoms with Crippen molar-refractivity contribution in [2.45, 2.75) is 24.2 Å². The van der Waals surface area contributed by atoms with Crippen molar-refractivity contribution < 1.29 is 41.0 Å². The van der Waals surface area contributed by atoms with E-state index in [1.165, 1.54) is 0 Å². The van der Waals surface area contributed by atoms with Gasteiger partial charge in [-0.1, -0.05) is 0 Å². The number of dihydropyridines is 1. The molecular weight excluding hydrogens is 401 g/mol. The molecule has 1 N–H and O–H groups in total. The maximum Gasteiger partial charge on any atom is 0.337 e. The summed E-state index contributed by atoms with van der Waals surface area (Å²) in [6.07, 6.45) is -0.670. The first-order valence-electron chi connectivity index (χ1n) is 8.60. The lowest BCUT2D eigenvalue weighted by Gasteiger charge is -2.29. The Morgan fingerprint density at radius 2 is 2.03 bits per heavy atom. The average molecular weight is 415 g/mol. The highest BCUT2D eigenvalue weighted by atomic mass is 19.3. The number of hydrogen-bond donors (Lipinski definition) is 1. The van der Waals surface area contributed by atoms with E-state index in [0.717, 1.165) is 13.2 Å². The van der Waals surface area contributed by atoms with Gasteiger partial charge in [0.05, 0.1) is 41.5 Å². The molecule has 1 fully saturated rings. The highest BCUT2D eigenvalue weighted by Crippen LogP contribution is 2.59. The van der Waals surface area contributed by atoms with Crippen LogP contribution < -0.4 is 5.32 Å². The number of hydrogen-bond acceptors (Lipinski definition) is 5. The number of halogens is 5. The minimum absolute atomic E-state index is 0.0958. The van der Waals surface area contributed by atoms with E-state index >= 15 is 0 Å². The number of carbonyl (C=O) groups excluding carboxylic acids is 2. The van der Waals surface area contributed by atoms with Crippen LogP contribution in [0.1, 0.15) is 29.4 Å². The molecule has 1 saturated carbocycles. The summed E-state index contributed by atoms with van der Waals surface area (Å²) in [4.78, 5) is 24.7. The van der Waals surface area contributed by atoms with Crippen LogP contribution in [0.4, 0.5) is 22.0 Å². The van der Waals surface area contributed by atoms with Gasteiger partial charge in [0.15, 0.2) is 0 Å². The topological polar surface area (TPSA) is 64.6 Å². The molecule has 0 aromatic heterocycles. The van der Waals surface area contributed by atoms with Crippen molar-refractivity contribution in [2.75, 3.05) is 20.4 Å². The lowest BCUT2D eigenvalue weighted by atomic mass is 9.78. The largest absolute Gasteiger partial charge is 0.466 e. The first-order valence-corrected chi connectivity index (χ1v) is 8.60. The Hall–Kier alpha value is -2.91. The molecule has 1 aromatic rings. The van der Waals surface area contributed by atoms with Crippen molar-refractivity contribution in [3.05, 3.63) is 57.4 Å². The van der Waals surface area contributed by atoms with Gasteiger partial charge >= 0.3 is 11.9 Å². The second kappa shape index (κ2) is 6.57. The number of allylic oxidation sites excluding steroid dienone is 1. The zero-order valence-corrected chi connectivity index (χ0v) is 15.0. The fraction of sp³-hybridized carbons (Fsp3) is 0.368. The summed E-state index contributed by atoms with van der Waals surface area (Å²) in [5.41, 5.74) is -1.70. The van der Waals surface area contributed by atoms with Gasteiger partial charge in [0.25, 0.3) is 5.92 Å². The molecule has 2 heterocycles. The van der Waals surface area contributed by atoms with Crippen molar-refractivity contribution in [1.29, 1.82) is 0 Å². The van der Waals surface area contributed by atoms with Crippen LogP contribution in [0.15, 0.2) is 34.7 Å². The van der Waals surface area contributed by atoms with Gasteiger partial charge < -0.3 is 14.8 Å². The Morgan fingerprint density at radius 1 is 1.34 bits per heavy atom. The normalized spacial score (nSPS) is 24.8. The molecule has 154 valence electrons. The number of methoxy groups -OCH3 is 1. The van der Waals surface area contributed by atoms with Gasteiger partial charge in [-0.3, -0.25) is 0 Å². The van der Waals surface area contributed by atoms with E-state index in [4.69, 9.17) is 4.74 Å². The van der Waals surface area contributed by atoms with Gasteiger partial charge in [0.1, 0.15) is 24.9 Å². The highest BCUT2D eigenvalue weighted by Gasteiger charge is 2.60. The van der Waals surface area contributed by atoms with Crippen molar-refractivity contribution in [3.63, 3.8) is 0 Å². The van der Waals surface area contributed by atoms with Crippen molar-refractivity contribution in [1.82, 2.24) is 5.32 Å². The third-order valence-electron chi connectivity index (χ3n) is 5.25. The van der Waals surface area contributed by atoms with E-state index in [-0.39, 0.29) is 29.1 Å². The first kappa shape index (κ1) is 19.4. The van der Waals surface area contributed by atoms with Crippen LogP contribution in [-0.2, 0) is 19.1 Å². The van der Waals surface area contributed by atoms with Crippen LogP contribution in [0.2, 0.25) is 0 Å². The van der Waals surface area contributed by atoms with Crippen molar-refractivity contribution in [3.8, 4) is 0 Å². The van der Waals surface area contributed by atoms with Crippen LogP contribution in [0.5, 0.6) is 0 Å². The lowest BCUT2D eigenvalue weighted by Crippen LogP contribution is -2.32. The molecule has 4 rings (SSSR count). The summed E-state index contributed by atoms with van der Waals surface area (Å²) in [5, 5.41) is 2.57. The van der Waals surface area contributed by atoms with Crippen LogP contribution in [-0.4, -0.2) is 38.3 Å². The van der Waals surface area contributed by atoms with Gasteiger partial charge in [-0.15, -0.1) is 0 Å². The first-order chi connectivity index (χ1) is 13.7. The third kappa shape index (κ3) is 2.97. The molecule has 0 radical (unpaired) electrons. The number of esters is 2. The van der Waals surface area contributed by atoms with Crippen LogP contribution in [0, 0.1) is 11.6 Å². The smallest absolute Gasteiger partial charge is 0.337 e. The Bertz CT molecular complexity index is 1000. The summed E-state index contributed by atoms with van der Waals surface area (Å²) >= 11 is 0. The van der Waals surface area contributed by atoms with Gasteiger partial charge in [-0.2, -0.15) is 0 Å². The standard InChI is InChI=1S/C19H14F5NO4/c1-28-17(26)15-11(5-20)25-12-6-29-18(27)16(12)14(15)8-2-7(21)3-10(22)13(8)9-4-19(9,23)24/h2-3,9,14,25H,4-6H2,1H3. The number of cyclic esters (lactones) is 1. The second-order valence-corrected chi connectivity index (χ2v) is 6.95. The number of alkyl halides is 3. The number of ether oxygens (including phenoxy) is 2. The van der Waals surface area contributed by atoms with Crippen LogP contribution >= 0.6 is 0 Å². The van der Waals surface area contributed by atoms with Gasteiger partial charge in [0.2, 0.25) is 0 Å². The lowest BCUT2D eigenvalue weighted by molar-refractivity contribution is -0.136. The summed E-state index contributed by atoms with van der Waals surface area (Å²) < 4.78 is 79.5. The molecular formula is C19H14F5NO4. The fourth-order valence-corrected chi connectivity index (χ4v) is 3.88. The Kier molecular flexibility index (Phi) is 4.39. The number of rotatable bonds is 4. The van der Waals surface area contributed by atoms with E-state index in [0.29, 0.717) is 6.07 Å². The maximum atomic E-state index is 14.6. The van der Waals surface area contributed by atoms with E-state index in [1.807, 2.05) is 0 Å². The molecule has 3 aliphatic rings. The third-order valence-corrected chi connectivity index (χ3v) is 5.25. The number of benzene rings is 1. The zero-order chi connectivity index (χ0) is 21.1. The second-order valence-electron chi connectivity index (χ2n) is 6.95. The molecule has 2 aliphatic heterocycles. The molecule has 29 heavy (non-hydrogen) atoms. The molecule has 1 aromatic carbocycles. The Labute approximate surface area is 161 Å². The highest BCUT2D eigenvalue weighted by molar-refractivity contribution is 6.01. The average Bonchev–Trinajstić information content (AvgIpc) is 3.13. The van der Waals surface area contributed by atoms with Crippen LogP contribution in [0.25, 0.3) is 0 Å². The zero-order valence-electron chi connectivity index (χ0n) is 15.0. The van der Waals surface area contributed by atoms with Gasteiger partial charge in [0, 0.05) is 18.1 Å². The maximum absolute atomic E-state index is 14.6. The molecule has 2 unspecified atom stereocenters. The van der Waals surface area contributed by atoms with E-state index in [9.17, 15) is 31.5 Å². The minimum atomic E-state index is -3.22. The van der Waals surface area contributed by atoms with E-state index < -0.39 is 65.6 Å². The SMILES string of the molecule is COC(=O)C1=C(CF)NC2=C(C(=O)OC2)C1c1cc(F)cc(F)c1C1CC1(F)F. The summed E-state index contributed by atoms with van der Waals surface area (Å²) in [5.74, 6) is -10.6. The van der Waals surface area contributed by atoms with E-state index in [1.54, 1.807) is 0 Å². The summed E-state index contributed by atoms with van der Waals surface area (Å²) in [7, 11) is 1.00. The monoisotopic (exact) mass is 415 g/mol. The van der Waals surface area contributed by atoms with Crippen LogP contribution in [0.3, 0.4) is 0 Å². The predicted octanol–water partition coefficient (Wildman–Crippen LogP) is 2.98. The van der Waals surface area contributed by atoms with Crippen molar-refractivity contribution >= 4 is 11.9 Å². The van der Waals surface area contributed by atoms with Crippen molar-refractivity contribution in [2.24, 2.45) is 0 Å². The molecule has 0 amide bonds. The molecule has 5 nitrogen and oxygen atoms in total.